The van der Waals surface area contributed by atoms with Gasteiger partial charge in [0.05, 0.1) is 10.0 Å². The van der Waals surface area contributed by atoms with Crippen molar-refractivity contribution in [3.63, 3.8) is 0 Å². The second-order valence-electron chi connectivity index (χ2n) is 5.91. The lowest BCUT2D eigenvalue weighted by molar-refractivity contribution is -0.138. The van der Waals surface area contributed by atoms with E-state index in [2.05, 4.69) is 40.8 Å². The summed E-state index contributed by atoms with van der Waals surface area (Å²) in [6.45, 7) is 4.21. The Morgan fingerprint density at radius 2 is 2.04 bits per heavy atom. The largest absolute Gasteiger partial charge is 0.456 e. The summed E-state index contributed by atoms with van der Waals surface area (Å²) in [7, 11) is 0. The summed E-state index contributed by atoms with van der Waals surface area (Å²) in [5, 5.41) is 0.957. The first-order chi connectivity index (χ1) is 11.8. The van der Waals surface area contributed by atoms with Crippen LogP contribution in [0.2, 0.25) is 0 Å². The van der Waals surface area contributed by atoms with Crippen LogP contribution in [0.4, 0.5) is 13.2 Å². The van der Waals surface area contributed by atoms with Crippen molar-refractivity contribution in [3.8, 4) is 11.5 Å². The number of nitrogens with one attached hydrogen (secondary N) is 1. The quantitative estimate of drug-likeness (QED) is 0.489. The highest BCUT2D eigenvalue weighted by Crippen LogP contribution is 2.42. The molecule has 1 N–H and O–H groups in total. The maximum Gasteiger partial charge on any atom is 0.420 e. The number of ether oxygens (including phenoxy) is 1. The van der Waals surface area contributed by atoms with Gasteiger partial charge in [-0.3, -0.25) is 0 Å². The van der Waals surface area contributed by atoms with Crippen molar-refractivity contribution >= 4 is 26.8 Å². The second kappa shape index (κ2) is 6.75. The van der Waals surface area contributed by atoms with Crippen LogP contribution in [0.3, 0.4) is 0 Å². The predicted octanol–water partition coefficient (Wildman–Crippen LogP) is 7.06. The van der Waals surface area contributed by atoms with Gasteiger partial charge in [0.2, 0.25) is 0 Å². The highest BCUT2D eigenvalue weighted by molar-refractivity contribution is 9.10. The number of alkyl halides is 3. The van der Waals surface area contributed by atoms with Crippen LogP contribution in [0.5, 0.6) is 11.5 Å². The summed E-state index contributed by atoms with van der Waals surface area (Å²) >= 11 is 3.13. The van der Waals surface area contributed by atoms with Gasteiger partial charge in [-0.15, -0.1) is 0 Å². The van der Waals surface area contributed by atoms with E-state index in [9.17, 15) is 13.2 Å². The third-order valence-corrected chi connectivity index (χ3v) is 4.84. The van der Waals surface area contributed by atoms with Gasteiger partial charge in [-0.05, 0) is 70.2 Å². The summed E-state index contributed by atoms with van der Waals surface area (Å²) in [4.78, 5) is 3.19. The molecule has 0 saturated heterocycles. The van der Waals surface area contributed by atoms with Crippen LogP contribution in [0.25, 0.3) is 10.9 Å². The zero-order valence-electron chi connectivity index (χ0n) is 13.7. The lowest BCUT2D eigenvalue weighted by Crippen LogP contribution is -2.07. The van der Waals surface area contributed by atoms with E-state index in [1.54, 1.807) is 12.1 Å². The standard InChI is InChI=1S/C19H16BrF3NO/c1-3-11(2)14-10-24-17-8-7-12(9-13(14)17)25-18-15(19(21,22)23)5-4-6-16(18)20/h5-11,24H,3H2,1-2H3. The Balaban J connectivity index is 2.05. The first kappa shape index (κ1) is 17.9. The van der Waals surface area contributed by atoms with Gasteiger partial charge < -0.3 is 9.72 Å². The van der Waals surface area contributed by atoms with Crippen LogP contribution < -0.4 is 4.74 Å². The van der Waals surface area contributed by atoms with E-state index in [4.69, 9.17) is 4.74 Å². The summed E-state index contributed by atoms with van der Waals surface area (Å²) in [6, 6.07) is 10.0. The second-order valence-corrected chi connectivity index (χ2v) is 6.76. The number of rotatable bonds is 4. The number of fused-ring (bicyclic) bond motifs is 1. The van der Waals surface area contributed by atoms with Gasteiger partial charge in [-0.25, -0.2) is 0 Å². The number of hydrogen-bond donors (Lipinski definition) is 1. The maximum atomic E-state index is 13.2. The third-order valence-electron chi connectivity index (χ3n) is 4.25. The Labute approximate surface area is 152 Å². The third kappa shape index (κ3) is 3.54. The Bertz CT molecular complexity index is 901. The number of benzene rings is 2. The van der Waals surface area contributed by atoms with Crippen molar-refractivity contribution in [3.05, 3.63) is 58.2 Å². The Morgan fingerprint density at radius 1 is 1.28 bits per heavy atom. The molecule has 0 aliphatic carbocycles. The number of halogens is 4. The summed E-state index contributed by atoms with van der Waals surface area (Å²) < 4.78 is 45.5. The van der Waals surface area contributed by atoms with Crippen molar-refractivity contribution < 1.29 is 17.9 Å². The van der Waals surface area contributed by atoms with E-state index in [1.807, 2.05) is 12.3 Å². The van der Waals surface area contributed by atoms with Crippen molar-refractivity contribution in [2.45, 2.75) is 32.4 Å². The molecule has 1 heterocycles. The van der Waals surface area contributed by atoms with Crippen molar-refractivity contribution in [2.24, 2.45) is 0 Å². The zero-order chi connectivity index (χ0) is 18.2. The molecule has 0 fully saturated rings. The lowest BCUT2D eigenvalue weighted by Gasteiger charge is -2.15. The molecule has 0 saturated carbocycles. The minimum absolute atomic E-state index is 0.207. The smallest absolute Gasteiger partial charge is 0.420 e. The fourth-order valence-electron chi connectivity index (χ4n) is 2.70. The first-order valence-corrected chi connectivity index (χ1v) is 8.66. The number of H-pyrrole nitrogens is 1. The van der Waals surface area contributed by atoms with Gasteiger partial charge >= 0.3 is 6.18 Å². The molecular formula is C19H16BrF3NO. The fourth-order valence-corrected chi connectivity index (χ4v) is 3.13. The van der Waals surface area contributed by atoms with E-state index in [1.165, 1.54) is 6.07 Å². The fraction of sp³-hybridized carbons (Fsp3) is 0.263. The van der Waals surface area contributed by atoms with Crippen LogP contribution in [0, 0.1) is 6.07 Å². The minimum atomic E-state index is -4.52. The topological polar surface area (TPSA) is 25.0 Å². The van der Waals surface area contributed by atoms with Crippen molar-refractivity contribution in [1.29, 1.82) is 0 Å². The van der Waals surface area contributed by atoms with Crippen LogP contribution in [0.15, 0.2) is 41.0 Å². The normalized spacial score (nSPS) is 13.2. The maximum absolute atomic E-state index is 13.2. The molecule has 0 bridgehead atoms. The molecule has 2 nitrogen and oxygen atoms in total. The SMILES string of the molecule is CCC(C)c1c[nH]c2ccc(Oc3c(Br)c[c]cc3C(F)(F)F)cc12. The van der Waals surface area contributed by atoms with Gasteiger partial charge in [-0.2, -0.15) is 13.2 Å². The lowest BCUT2D eigenvalue weighted by atomic mass is 9.98. The van der Waals surface area contributed by atoms with Crippen LogP contribution in [0.1, 0.15) is 37.3 Å². The molecule has 0 aliphatic rings. The van der Waals surface area contributed by atoms with E-state index >= 15 is 0 Å². The summed E-state index contributed by atoms with van der Waals surface area (Å²) in [6.07, 6.45) is -1.61. The molecule has 2 aromatic carbocycles. The zero-order valence-corrected chi connectivity index (χ0v) is 15.3. The van der Waals surface area contributed by atoms with E-state index in [0.717, 1.165) is 29.0 Å². The van der Waals surface area contributed by atoms with E-state index in [0.29, 0.717) is 11.7 Å². The van der Waals surface area contributed by atoms with Crippen molar-refractivity contribution in [1.82, 2.24) is 4.98 Å². The molecule has 25 heavy (non-hydrogen) atoms. The Kier molecular flexibility index (Phi) is 4.82. The number of aromatic nitrogens is 1. The molecule has 1 unspecified atom stereocenters. The summed E-state index contributed by atoms with van der Waals surface area (Å²) in [5.74, 6) is 0.438. The first-order valence-electron chi connectivity index (χ1n) is 7.87. The summed E-state index contributed by atoms with van der Waals surface area (Å²) in [5.41, 5.74) is 1.19. The highest BCUT2D eigenvalue weighted by atomic mass is 79.9. The molecule has 3 rings (SSSR count). The Morgan fingerprint density at radius 3 is 2.72 bits per heavy atom. The molecule has 1 atom stereocenters. The van der Waals surface area contributed by atoms with Crippen LogP contribution in [-0.4, -0.2) is 4.98 Å². The van der Waals surface area contributed by atoms with Crippen molar-refractivity contribution in [2.75, 3.05) is 0 Å². The molecule has 131 valence electrons. The average Bonchev–Trinajstić information content (AvgIpc) is 2.98. The number of hydrogen-bond acceptors (Lipinski definition) is 1. The van der Waals surface area contributed by atoms with E-state index in [-0.39, 0.29) is 10.2 Å². The monoisotopic (exact) mass is 410 g/mol. The molecular weight excluding hydrogens is 395 g/mol. The minimum Gasteiger partial charge on any atom is -0.456 e. The van der Waals surface area contributed by atoms with Crippen LogP contribution >= 0.6 is 15.9 Å². The van der Waals surface area contributed by atoms with Gasteiger partial charge in [0.25, 0.3) is 0 Å². The van der Waals surface area contributed by atoms with Gasteiger partial charge in [0, 0.05) is 17.1 Å². The molecule has 0 aliphatic heterocycles. The highest BCUT2D eigenvalue weighted by Gasteiger charge is 2.35. The average molecular weight is 411 g/mol. The van der Waals surface area contributed by atoms with Gasteiger partial charge in [0.1, 0.15) is 5.75 Å². The van der Waals surface area contributed by atoms with Crippen LogP contribution in [-0.2, 0) is 6.18 Å². The molecule has 1 aromatic heterocycles. The number of aromatic amines is 1. The molecule has 3 aromatic rings. The Hall–Kier alpha value is -1.95. The molecule has 6 heteroatoms. The molecule has 1 radical (unpaired) electrons. The van der Waals surface area contributed by atoms with Gasteiger partial charge in [-0.1, -0.05) is 13.8 Å². The molecule has 0 amide bonds. The predicted molar refractivity (Wildman–Crippen MR) is 95.1 cm³/mol. The van der Waals surface area contributed by atoms with E-state index < -0.39 is 11.7 Å². The molecule has 0 spiro atoms. The van der Waals surface area contributed by atoms with Gasteiger partial charge in [0.15, 0.2) is 5.75 Å².